The van der Waals surface area contributed by atoms with Crippen molar-refractivity contribution in [3.8, 4) is 5.75 Å². The average Bonchev–Trinajstić information content (AvgIpc) is 3.07. The molecule has 1 saturated heterocycles. The van der Waals surface area contributed by atoms with E-state index < -0.39 is 11.9 Å². The Morgan fingerprint density at radius 2 is 1.90 bits per heavy atom. The number of hydrogen-bond donors (Lipinski definition) is 1. The van der Waals surface area contributed by atoms with Gasteiger partial charge in [0.1, 0.15) is 18.2 Å². The fourth-order valence-corrected chi connectivity index (χ4v) is 2.93. The van der Waals surface area contributed by atoms with E-state index in [-0.39, 0.29) is 15.9 Å². The van der Waals surface area contributed by atoms with Crippen molar-refractivity contribution >= 4 is 35.0 Å². The number of carbonyl (C=O) groups is 2. The lowest BCUT2D eigenvalue weighted by Gasteiger charge is -2.06. The molecule has 1 aliphatic rings. The van der Waals surface area contributed by atoms with Crippen LogP contribution in [0.3, 0.4) is 0 Å². The average molecular weight is 413 g/mol. The molecule has 0 unspecified atom stereocenters. The van der Waals surface area contributed by atoms with Gasteiger partial charge in [-0.05, 0) is 47.2 Å². The number of nitrogens with zero attached hydrogens (tertiary/aromatic N) is 2. The van der Waals surface area contributed by atoms with Crippen LogP contribution in [0.5, 0.6) is 5.75 Å². The molecule has 1 N–H and O–H groups in total. The van der Waals surface area contributed by atoms with Crippen LogP contribution in [0, 0.1) is 5.82 Å². The van der Waals surface area contributed by atoms with Gasteiger partial charge in [0.15, 0.2) is 5.17 Å². The molecule has 148 valence electrons. The molecule has 1 fully saturated rings. The number of rotatable bonds is 6. The van der Waals surface area contributed by atoms with E-state index in [9.17, 15) is 14.0 Å². The molecule has 29 heavy (non-hydrogen) atoms. The minimum absolute atomic E-state index is 0.191. The van der Waals surface area contributed by atoms with Crippen LogP contribution in [0.1, 0.15) is 11.1 Å². The van der Waals surface area contributed by atoms with Gasteiger partial charge in [0, 0.05) is 6.08 Å². The monoisotopic (exact) mass is 413 g/mol. The second kappa shape index (κ2) is 9.65. The predicted molar refractivity (Wildman–Crippen MR) is 108 cm³/mol. The molecule has 0 bridgehead atoms. The van der Waals surface area contributed by atoms with Crippen molar-refractivity contribution < 1.29 is 23.5 Å². The van der Waals surface area contributed by atoms with Crippen molar-refractivity contribution in [3.05, 3.63) is 76.5 Å². The first-order chi connectivity index (χ1) is 14.0. The van der Waals surface area contributed by atoms with E-state index in [1.807, 2.05) is 24.3 Å². The molecule has 0 atom stereocenters. The van der Waals surface area contributed by atoms with Crippen LogP contribution in [0.2, 0.25) is 0 Å². The third-order valence-electron chi connectivity index (χ3n) is 3.66. The SMILES string of the molecule is COC(=O)/C=C1/S/C(=N\N=Cc2ccc(COc3ccc(F)cc3)cc2)NC1=O. The van der Waals surface area contributed by atoms with Gasteiger partial charge in [0.05, 0.1) is 18.2 Å². The van der Waals surface area contributed by atoms with Gasteiger partial charge in [-0.3, -0.25) is 10.1 Å². The summed E-state index contributed by atoms with van der Waals surface area (Å²) in [4.78, 5) is 23.1. The maximum atomic E-state index is 12.9. The number of halogens is 1. The first-order valence-electron chi connectivity index (χ1n) is 8.40. The van der Waals surface area contributed by atoms with Gasteiger partial charge in [0.25, 0.3) is 5.91 Å². The van der Waals surface area contributed by atoms with E-state index in [2.05, 4.69) is 20.3 Å². The number of nitrogens with one attached hydrogen (secondary N) is 1. The Morgan fingerprint density at radius 1 is 1.17 bits per heavy atom. The van der Waals surface area contributed by atoms with Gasteiger partial charge in [0.2, 0.25) is 0 Å². The molecule has 0 aliphatic carbocycles. The number of ether oxygens (including phenoxy) is 2. The number of methoxy groups -OCH3 is 1. The van der Waals surface area contributed by atoms with Crippen LogP contribution in [-0.2, 0) is 20.9 Å². The van der Waals surface area contributed by atoms with Crippen molar-refractivity contribution in [2.45, 2.75) is 6.61 Å². The third kappa shape index (κ3) is 6.01. The number of thioether (sulfide) groups is 1. The van der Waals surface area contributed by atoms with Crippen LogP contribution in [0.4, 0.5) is 4.39 Å². The van der Waals surface area contributed by atoms with Gasteiger partial charge in [-0.2, -0.15) is 5.10 Å². The molecule has 0 saturated carbocycles. The molecule has 0 spiro atoms. The summed E-state index contributed by atoms with van der Waals surface area (Å²) in [6.07, 6.45) is 2.63. The molecule has 0 aromatic heterocycles. The quantitative estimate of drug-likeness (QED) is 0.340. The molecule has 2 aromatic rings. The first-order valence-corrected chi connectivity index (χ1v) is 9.22. The molecule has 1 heterocycles. The van der Waals surface area contributed by atoms with E-state index in [4.69, 9.17) is 4.74 Å². The van der Waals surface area contributed by atoms with Crippen molar-refractivity contribution in [2.24, 2.45) is 10.2 Å². The minimum Gasteiger partial charge on any atom is -0.489 e. The van der Waals surface area contributed by atoms with Crippen molar-refractivity contribution in [1.29, 1.82) is 0 Å². The summed E-state index contributed by atoms with van der Waals surface area (Å²) in [5.41, 5.74) is 1.74. The maximum Gasteiger partial charge on any atom is 0.331 e. The first kappa shape index (κ1) is 20.3. The Labute approximate surface area is 170 Å². The highest BCUT2D eigenvalue weighted by Crippen LogP contribution is 2.23. The zero-order valence-corrected chi connectivity index (χ0v) is 16.1. The number of amidine groups is 1. The topological polar surface area (TPSA) is 89.3 Å². The van der Waals surface area contributed by atoms with Gasteiger partial charge < -0.3 is 9.47 Å². The van der Waals surface area contributed by atoms with E-state index in [0.29, 0.717) is 12.4 Å². The second-order valence-electron chi connectivity index (χ2n) is 5.72. The summed E-state index contributed by atoms with van der Waals surface area (Å²) < 4.78 is 23.0. The van der Waals surface area contributed by atoms with Crippen LogP contribution in [0.15, 0.2) is 69.7 Å². The molecule has 3 rings (SSSR count). The number of esters is 1. The third-order valence-corrected chi connectivity index (χ3v) is 4.56. The van der Waals surface area contributed by atoms with Gasteiger partial charge in [-0.15, -0.1) is 5.10 Å². The van der Waals surface area contributed by atoms with Gasteiger partial charge >= 0.3 is 5.97 Å². The standard InChI is InChI=1S/C20H16FN3O4S/c1-27-18(25)10-17-19(26)23-20(29-17)24-22-11-13-2-4-14(5-3-13)12-28-16-8-6-15(21)7-9-16/h2-11H,12H2,1H3,(H,23,24,26)/b17-10+,22-11?. The molecule has 7 nitrogen and oxygen atoms in total. The highest BCUT2D eigenvalue weighted by Gasteiger charge is 2.24. The predicted octanol–water partition coefficient (Wildman–Crippen LogP) is 3.01. The Hall–Kier alpha value is -3.46. The molecule has 1 aliphatic heterocycles. The fraction of sp³-hybridized carbons (Fsp3) is 0.100. The fourth-order valence-electron chi connectivity index (χ4n) is 2.19. The molecular weight excluding hydrogens is 397 g/mol. The van der Waals surface area contributed by atoms with Crippen molar-refractivity contribution in [3.63, 3.8) is 0 Å². The highest BCUT2D eigenvalue weighted by molar-refractivity contribution is 8.18. The lowest BCUT2D eigenvalue weighted by molar-refractivity contribution is -0.135. The van der Waals surface area contributed by atoms with E-state index in [1.54, 1.807) is 12.1 Å². The summed E-state index contributed by atoms with van der Waals surface area (Å²) in [6.45, 7) is 0.351. The smallest absolute Gasteiger partial charge is 0.331 e. The normalized spacial score (nSPS) is 16.4. The molecule has 2 aromatic carbocycles. The summed E-state index contributed by atoms with van der Waals surface area (Å²) in [7, 11) is 1.23. The number of hydrogen-bond acceptors (Lipinski definition) is 7. The molecule has 0 radical (unpaired) electrons. The molecular formula is C20H16FN3O4S. The van der Waals surface area contributed by atoms with Crippen LogP contribution >= 0.6 is 11.8 Å². The highest BCUT2D eigenvalue weighted by atomic mass is 32.2. The summed E-state index contributed by atoms with van der Waals surface area (Å²) in [5, 5.41) is 10.6. The largest absolute Gasteiger partial charge is 0.489 e. The summed E-state index contributed by atoms with van der Waals surface area (Å²) in [5.74, 6) is -0.767. The number of amides is 1. The van der Waals surface area contributed by atoms with Crippen LogP contribution in [0.25, 0.3) is 0 Å². The van der Waals surface area contributed by atoms with Crippen LogP contribution in [-0.4, -0.2) is 30.4 Å². The number of benzene rings is 2. The lowest BCUT2D eigenvalue weighted by atomic mass is 10.1. The van der Waals surface area contributed by atoms with Crippen molar-refractivity contribution in [2.75, 3.05) is 7.11 Å². The summed E-state index contributed by atoms with van der Waals surface area (Å²) in [6, 6.07) is 13.3. The Kier molecular flexibility index (Phi) is 6.75. The van der Waals surface area contributed by atoms with E-state index in [1.165, 1.54) is 25.5 Å². The van der Waals surface area contributed by atoms with Gasteiger partial charge in [-0.25, -0.2) is 9.18 Å². The zero-order valence-electron chi connectivity index (χ0n) is 15.3. The summed E-state index contributed by atoms with van der Waals surface area (Å²) >= 11 is 1.00. The van der Waals surface area contributed by atoms with E-state index >= 15 is 0 Å². The molecule has 9 heteroatoms. The minimum atomic E-state index is -0.615. The van der Waals surface area contributed by atoms with Crippen molar-refractivity contribution in [1.82, 2.24) is 5.32 Å². The second-order valence-corrected chi connectivity index (χ2v) is 6.75. The number of carbonyl (C=O) groups excluding carboxylic acids is 2. The van der Waals surface area contributed by atoms with E-state index in [0.717, 1.165) is 29.0 Å². The molecule has 1 amide bonds. The maximum absolute atomic E-state index is 12.9. The lowest BCUT2D eigenvalue weighted by Crippen LogP contribution is -2.19. The Bertz CT molecular complexity index is 986. The van der Waals surface area contributed by atoms with Crippen LogP contribution < -0.4 is 10.1 Å². The Morgan fingerprint density at radius 3 is 2.59 bits per heavy atom. The zero-order chi connectivity index (χ0) is 20.6. The Balaban J connectivity index is 1.54. The van der Waals surface area contributed by atoms with Gasteiger partial charge in [-0.1, -0.05) is 24.3 Å².